The number of nitrogens with one attached hydrogen (secondary N) is 1. The Morgan fingerprint density at radius 1 is 1.21 bits per heavy atom. The topological polar surface area (TPSA) is 58.6 Å². The third-order valence-corrected chi connectivity index (χ3v) is 5.08. The summed E-state index contributed by atoms with van der Waals surface area (Å²) in [6.07, 6.45) is 5.41. The van der Waals surface area contributed by atoms with Gasteiger partial charge < -0.3 is 15.2 Å². The molecule has 0 saturated carbocycles. The van der Waals surface area contributed by atoms with Crippen LogP contribution in [-0.4, -0.2) is 18.2 Å². The Kier molecular flexibility index (Phi) is 3.53. The van der Waals surface area contributed by atoms with Gasteiger partial charge in [0.05, 0.1) is 18.7 Å². The van der Waals surface area contributed by atoms with E-state index < -0.39 is 5.97 Å². The molecule has 3 atom stereocenters. The van der Waals surface area contributed by atoms with Gasteiger partial charge in [0.1, 0.15) is 5.75 Å². The summed E-state index contributed by atoms with van der Waals surface area (Å²) < 4.78 is 5.25. The van der Waals surface area contributed by atoms with Gasteiger partial charge >= 0.3 is 5.97 Å². The van der Waals surface area contributed by atoms with E-state index in [1.165, 1.54) is 5.56 Å². The highest BCUT2D eigenvalue weighted by atomic mass is 16.5. The highest BCUT2D eigenvalue weighted by Gasteiger charge is 2.38. The summed E-state index contributed by atoms with van der Waals surface area (Å²) >= 11 is 0. The molecule has 122 valence electrons. The van der Waals surface area contributed by atoms with Crippen molar-refractivity contribution in [3.8, 4) is 5.75 Å². The van der Waals surface area contributed by atoms with Crippen molar-refractivity contribution in [1.29, 1.82) is 0 Å². The van der Waals surface area contributed by atoms with Crippen LogP contribution in [-0.2, 0) is 0 Å². The van der Waals surface area contributed by atoms with Crippen molar-refractivity contribution < 1.29 is 14.6 Å². The lowest BCUT2D eigenvalue weighted by Crippen LogP contribution is -2.29. The first-order valence-electron chi connectivity index (χ1n) is 8.12. The molecule has 4 nitrogen and oxygen atoms in total. The second-order valence-electron chi connectivity index (χ2n) is 6.36. The predicted octanol–water partition coefficient (Wildman–Crippen LogP) is 4.22. The quantitative estimate of drug-likeness (QED) is 0.831. The molecule has 0 spiro atoms. The van der Waals surface area contributed by atoms with Gasteiger partial charge in [-0.05, 0) is 53.8 Å². The lowest BCUT2D eigenvalue weighted by atomic mass is 9.76. The number of allylic oxidation sites excluding steroid dienone is 2. The molecular weight excluding hydrogens is 302 g/mol. The van der Waals surface area contributed by atoms with Crippen molar-refractivity contribution in [2.75, 3.05) is 12.4 Å². The van der Waals surface area contributed by atoms with Gasteiger partial charge in [-0.3, -0.25) is 0 Å². The molecule has 1 aliphatic carbocycles. The molecule has 1 aliphatic heterocycles. The molecule has 0 saturated heterocycles. The molecule has 2 aromatic rings. The van der Waals surface area contributed by atoms with E-state index in [1.807, 2.05) is 24.3 Å². The van der Waals surface area contributed by atoms with Crippen molar-refractivity contribution >= 4 is 11.7 Å². The van der Waals surface area contributed by atoms with Gasteiger partial charge in [0.15, 0.2) is 0 Å². The van der Waals surface area contributed by atoms with Crippen molar-refractivity contribution in [3.63, 3.8) is 0 Å². The molecule has 4 heteroatoms. The van der Waals surface area contributed by atoms with Crippen LogP contribution in [0.5, 0.6) is 5.75 Å². The summed E-state index contributed by atoms with van der Waals surface area (Å²) in [5.74, 6) is 0.623. The summed E-state index contributed by atoms with van der Waals surface area (Å²) in [6, 6.07) is 13.7. The zero-order valence-corrected chi connectivity index (χ0v) is 13.4. The Hall–Kier alpha value is -2.75. The fraction of sp³-hybridized carbons (Fsp3) is 0.250. The number of methoxy groups -OCH3 is 1. The van der Waals surface area contributed by atoms with E-state index >= 15 is 0 Å². The molecule has 2 aliphatic rings. The van der Waals surface area contributed by atoms with Crippen molar-refractivity contribution in [2.24, 2.45) is 5.92 Å². The molecule has 4 rings (SSSR count). The lowest BCUT2D eigenvalue weighted by Gasteiger charge is -2.37. The van der Waals surface area contributed by atoms with Gasteiger partial charge in [0.2, 0.25) is 0 Å². The summed E-state index contributed by atoms with van der Waals surface area (Å²) in [7, 11) is 1.67. The molecule has 1 heterocycles. The number of carboxylic acid groups (broad SMARTS) is 1. The van der Waals surface area contributed by atoms with E-state index in [4.69, 9.17) is 4.74 Å². The molecule has 0 amide bonds. The largest absolute Gasteiger partial charge is 0.497 e. The van der Waals surface area contributed by atoms with E-state index in [1.54, 1.807) is 13.2 Å². The third kappa shape index (κ3) is 2.35. The summed E-state index contributed by atoms with van der Waals surface area (Å²) in [4.78, 5) is 11.3. The normalized spacial score (nSPS) is 24.0. The van der Waals surface area contributed by atoms with Gasteiger partial charge in [0.25, 0.3) is 0 Å². The summed E-state index contributed by atoms with van der Waals surface area (Å²) in [5.41, 5.74) is 3.67. The van der Waals surface area contributed by atoms with E-state index in [9.17, 15) is 9.90 Å². The zero-order chi connectivity index (χ0) is 16.7. The Labute approximate surface area is 140 Å². The number of aromatic carboxylic acids is 1. The van der Waals surface area contributed by atoms with Crippen LogP contribution in [0, 0.1) is 5.92 Å². The van der Waals surface area contributed by atoms with Crippen LogP contribution in [0.1, 0.15) is 39.9 Å². The van der Waals surface area contributed by atoms with Crippen LogP contribution in [0.4, 0.5) is 5.69 Å². The molecule has 0 radical (unpaired) electrons. The number of hydrogen-bond acceptors (Lipinski definition) is 3. The van der Waals surface area contributed by atoms with Crippen LogP contribution in [0.2, 0.25) is 0 Å². The molecule has 0 bridgehead atoms. The SMILES string of the molecule is COc1ccc([C@@H]2Nc3ccc(C(=O)O)cc3[C@@H]3C=CC[C@H]32)cc1. The maximum Gasteiger partial charge on any atom is 0.335 e. The Morgan fingerprint density at radius 2 is 2.00 bits per heavy atom. The second kappa shape index (κ2) is 5.71. The Bertz CT molecular complexity index is 810. The minimum Gasteiger partial charge on any atom is -0.497 e. The fourth-order valence-corrected chi connectivity index (χ4v) is 3.87. The highest BCUT2D eigenvalue weighted by molar-refractivity contribution is 5.89. The van der Waals surface area contributed by atoms with E-state index in [2.05, 4.69) is 29.6 Å². The van der Waals surface area contributed by atoms with Crippen LogP contribution in [0.25, 0.3) is 0 Å². The first-order valence-corrected chi connectivity index (χ1v) is 8.12. The molecular formula is C20H19NO3. The lowest BCUT2D eigenvalue weighted by molar-refractivity contribution is 0.0696. The maximum absolute atomic E-state index is 11.3. The van der Waals surface area contributed by atoms with E-state index in [0.29, 0.717) is 11.5 Å². The molecule has 2 N–H and O–H groups in total. The van der Waals surface area contributed by atoms with E-state index in [-0.39, 0.29) is 12.0 Å². The average molecular weight is 321 g/mol. The Balaban J connectivity index is 1.73. The first kappa shape index (κ1) is 14.8. The van der Waals surface area contributed by atoms with Gasteiger partial charge in [0, 0.05) is 11.6 Å². The van der Waals surface area contributed by atoms with Crippen LogP contribution in [0.3, 0.4) is 0 Å². The summed E-state index contributed by atoms with van der Waals surface area (Å²) in [5, 5.41) is 12.9. The number of carboxylic acids is 1. The number of anilines is 1. The van der Waals surface area contributed by atoms with E-state index in [0.717, 1.165) is 23.4 Å². The molecule has 2 aromatic carbocycles. The van der Waals surface area contributed by atoms with Gasteiger partial charge in [-0.15, -0.1) is 0 Å². The highest BCUT2D eigenvalue weighted by Crippen LogP contribution is 2.50. The number of benzene rings is 2. The average Bonchev–Trinajstić information content (AvgIpc) is 3.10. The van der Waals surface area contributed by atoms with Crippen LogP contribution < -0.4 is 10.1 Å². The minimum atomic E-state index is -0.881. The third-order valence-electron chi connectivity index (χ3n) is 5.08. The minimum absolute atomic E-state index is 0.207. The first-order chi connectivity index (χ1) is 11.7. The molecule has 24 heavy (non-hydrogen) atoms. The monoisotopic (exact) mass is 321 g/mol. The fourth-order valence-electron chi connectivity index (χ4n) is 3.87. The molecule has 0 aromatic heterocycles. The molecule has 0 unspecified atom stereocenters. The molecule has 0 fully saturated rings. The second-order valence-corrected chi connectivity index (χ2v) is 6.36. The summed E-state index contributed by atoms with van der Waals surface area (Å²) in [6.45, 7) is 0. The standard InChI is InChI=1S/C20H19NO3/c1-24-14-8-5-12(6-9-14)19-16-4-2-3-15(16)17-11-13(20(22)23)7-10-18(17)21-19/h2-3,5-11,15-16,19,21H,4H2,1H3,(H,22,23)/t15-,16-,19+/m1/s1. The number of ether oxygens (including phenoxy) is 1. The number of hydrogen-bond donors (Lipinski definition) is 2. The maximum atomic E-state index is 11.3. The number of carbonyl (C=O) groups is 1. The Morgan fingerprint density at radius 3 is 2.71 bits per heavy atom. The van der Waals surface area contributed by atoms with Crippen molar-refractivity contribution in [2.45, 2.75) is 18.4 Å². The smallest absolute Gasteiger partial charge is 0.335 e. The number of fused-ring (bicyclic) bond motifs is 3. The zero-order valence-electron chi connectivity index (χ0n) is 13.4. The van der Waals surface area contributed by atoms with Crippen molar-refractivity contribution in [3.05, 3.63) is 71.3 Å². The number of rotatable bonds is 3. The predicted molar refractivity (Wildman–Crippen MR) is 92.7 cm³/mol. The van der Waals surface area contributed by atoms with Crippen LogP contribution in [0.15, 0.2) is 54.6 Å². The van der Waals surface area contributed by atoms with Crippen LogP contribution >= 0.6 is 0 Å². The van der Waals surface area contributed by atoms with Gasteiger partial charge in [-0.25, -0.2) is 4.79 Å². The van der Waals surface area contributed by atoms with Crippen molar-refractivity contribution in [1.82, 2.24) is 0 Å². The van der Waals surface area contributed by atoms with Gasteiger partial charge in [-0.1, -0.05) is 24.3 Å². The van der Waals surface area contributed by atoms with Gasteiger partial charge in [-0.2, -0.15) is 0 Å².